The average molecular weight is 135 g/mol. The molecule has 0 aliphatic heterocycles. The molecule has 4 nitrogen and oxygen atoms in total. The van der Waals surface area contributed by atoms with Crippen molar-refractivity contribution in [2.75, 3.05) is 0 Å². The van der Waals surface area contributed by atoms with Gasteiger partial charge in [0.1, 0.15) is 0 Å². The summed E-state index contributed by atoms with van der Waals surface area (Å²) in [6.07, 6.45) is 4.56. The van der Waals surface area contributed by atoms with Crippen molar-refractivity contribution in [1.82, 2.24) is 14.8 Å². The van der Waals surface area contributed by atoms with Gasteiger partial charge in [0.05, 0.1) is 6.20 Å². The normalized spacial score (nSPS) is 10.4. The SMILES string of the molecule is C=Cn1ncc2ocnc21. The minimum atomic E-state index is 0.680. The van der Waals surface area contributed by atoms with E-state index in [1.807, 2.05) is 0 Å². The molecular weight excluding hydrogens is 130 g/mol. The minimum absolute atomic E-state index is 0.680. The second-order valence-electron chi connectivity index (χ2n) is 1.81. The molecule has 0 spiro atoms. The molecule has 2 aromatic rings. The standard InChI is InChI=1S/C6H5N3O/c1-2-9-6-5(3-8-9)10-4-7-6/h2-4H,1H2. The molecule has 0 aliphatic carbocycles. The highest BCUT2D eigenvalue weighted by Gasteiger charge is 2.01. The molecule has 10 heavy (non-hydrogen) atoms. The summed E-state index contributed by atoms with van der Waals surface area (Å²) in [6, 6.07) is 0. The lowest BCUT2D eigenvalue weighted by Gasteiger charge is -1.84. The molecule has 0 atom stereocenters. The Bertz CT molecular complexity index is 360. The average Bonchev–Trinajstić information content (AvgIpc) is 2.44. The number of oxazole rings is 1. The van der Waals surface area contributed by atoms with Gasteiger partial charge in [0.15, 0.2) is 12.0 Å². The van der Waals surface area contributed by atoms with Gasteiger partial charge in [-0.15, -0.1) is 0 Å². The van der Waals surface area contributed by atoms with Gasteiger partial charge in [-0.3, -0.25) is 0 Å². The predicted molar refractivity (Wildman–Crippen MR) is 36.2 cm³/mol. The van der Waals surface area contributed by atoms with Gasteiger partial charge in [0.25, 0.3) is 0 Å². The fourth-order valence-corrected chi connectivity index (χ4v) is 0.813. The van der Waals surface area contributed by atoms with Crippen LogP contribution in [0.1, 0.15) is 0 Å². The van der Waals surface area contributed by atoms with E-state index in [1.54, 1.807) is 17.1 Å². The van der Waals surface area contributed by atoms with Crippen molar-refractivity contribution in [3.8, 4) is 0 Å². The molecule has 4 heteroatoms. The molecule has 0 saturated carbocycles. The van der Waals surface area contributed by atoms with Crippen LogP contribution >= 0.6 is 0 Å². The van der Waals surface area contributed by atoms with Gasteiger partial charge in [-0.2, -0.15) is 10.1 Å². The minimum Gasteiger partial charge on any atom is -0.440 e. The number of hydrogen-bond donors (Lipinski definition) is 0. The van der Waals surface area contributed by atoms with E-state index in [9.17, 15) is 0 Å². The van der Waals surface area contributed by atoms with Crippen LogP contribution in [0.25, 0.3) is 17.4 Å². The molecule has 0 aliphatic rings. The second-order valence-corrected chi connectivity index (χ2v) is 1.81. The zero-order valence-corrected chi connectivity index (χ0v) is 5.19. The van der Waals surface area contributed by atoms with Crippen molar-refractivity contribution in [2.45, 2.75) is 0 Å². The molecule has 0 fully saturated rings. The maximum absolute atomic E-state index is 4.96. The van der Waals surface area contributed by atoms with Gasteiger partial charge in [-0.05, 0) is 0 Å². The third kappa shape index (κ3) is 0.500. The van der Waals surface area contributed by atoms with Crippen LogP contribution in [0.15, 0.2) is 23.6 Å². The molecular formula is C6H5N3O. The van der Waals surface area contributed by atoms with E-state index < -0.39 is 0 Å². The number of aromatic nitrogens is 3. The summed E-state index contributed by atoms with van der Waals surface area (Å²) in [5, 5.41) is 3.92. The summed E-state index contributed by atoms with van der Waals surface area (Å²) in [4.78, 5) is 3.91. The summed E-state index contributed by atoms with van der Waals surface area (Å²) in [6.45, 7) is 3.55. The van der Waals surface area contributed by atoms with Crippen molar-refractivity contribution in [3.05, 3.63) is 19.2 Å². The van der Waals surface area contributed by atoms with E-state index in [0.717, 1.165) is 0 Å². The zero-order chi connectivity index (χ0) is 6.97. The summed E-state index contributed by atoms with van der Waals surface area (Å²) in [5.74, 6) is 0. The highest BCUT2D eigenvalue weighted by atomic mass is 16.3. The number of nitrogens with zero attached hydrogens (tertiary/aromatic N) is 3. The highest BCUT2D eigenvalue weighted by molar-refractivity contribution is 5.68. The van der Waals surface area contributed by atoms with E-state index in [1.165, 1.54) is 6.39 Å². The van der Waals surface area contributed by atoms with Crippen LogP contribution in [0.5, 0.6) is 0 Å². The van der Waals surface area contributed by atoms with Crippen LogP contribution in [0.4, 0.5) is 0 Å². The first kappa shape index (κ1) is 5.22. The third-order valence-electron chi connectivity index (χ3n) is 1.26. The van der Waals surface area contributed by atoms with Crippen LogP contribution < -0.4 is 0 Å². The van der Waals surface area contributed by atoms with E-state index in [0.29, 0.717) is 11.2 Å². The Morgan fingerprint density at radius 2 is 2.60 bits per heavy atom. The van der Waals surface area contributed by atoms with E-state index in [-0.39, 0.29) is 0 Å². The summed E-state index contributed by atoms with van der Waals surface area (Å²) >= 11 is 0. The largest absolute Gasteiger partial charge is 0.440 e. The fraction of sp³-hybridized carbons (Fsp3) is 0. The highest BCUT2D eigenvalue weighted by Crippen LogP contribution is 2.09. The van der Waals surface area contributed by atoms with Crippen LogP contribution in [0.2, 0.25) is 0 Å². The third-order valence-corrected chi connectivity index (χ3v) is 1.26. The quantitative estimate of drug-likeness (QED) is 0.588. The van der Waals surface area contributed by atoms with Crippen molar-refractivity contribution in [2.24, 2.45) is 0 Å². The Kier molecular flexibility index (Phi) is 0.887. The Morgan fingerprint density at radius 1 is 1.70 bits per heavy atom. The lowest BCUT2D eigenvalue weighted by molar-refractivity contribution is 0.601. The lowest BCUT2D eigenvalue weighted by Crippen LogP contribution is -1.86. The van der Waals surface area contributed by atoms with Crippen molar-refractivity contribution in [1.29, 1.82) is 0 Å². The van der Waals surface area contributed by atoms with Crippen molar-refractivity contribution in [3.63, 3.8) is 0 Å². The summed E-state index contributed by atoms with van der Waals surface area (Å²) < 4.78 is 6.51. The zero-order valence-electron chi connectivity index (χ0n) is 5.19. The van der Waals surface area contributed by atoms with Crippen LogP contribution in [-0.2, 0) is 0 Å². The molecule has 0 radical (unpaired) electrons. The van der Waals surface area contributed by atoms with Gasteiger partial charge < -0.3 is 4.42 Å². The fourth-order valence-electron chi connectivity index (χ4n) is 0.813. The molecule has 0 bridgehead atoms. The Morgan fingerprint density at radius 3 is 3.40 bits per heavy atom. The van der Waals surface area contributed by atoms with E-state index in [2.05, 4.69) is 16.7 Å². The lowest BCUT2D eigenvalue weighted by atomic mass is 10.6. The summed E-state index contributed by atoms with van der Waals surface area (Å²) in [5.41, 5.74) is 1.38. The summed E-state index contributed by atoms with van der Waals surface area (Å²) in [7, 11) is 0. The molecule has 2 aromatic heterocycles. The Labute approximate surface area is 56.8 Å². The van der Waals surface area contributed by atoms with Crippen molar-refractivity contribution < 1.29 is 4.42 Å². The second kappa shape index (κ2) is 1.70. The van der Waals surface area contributed by atoms with Crippen molar-refractivity contribution >= 4 is 17.4 Å². The molecule has 0 aromatic carbocycles. The smallest absolute Gasteiger partial charge is 0.201 e. The number of fused-ring (bicyclic) bond motifs is 1. The van der Waals surface area contributed by atoms with E-state index >= 15 is 0 Å². The van der Waals surface area contributed by atoms with Gasteiger partial charge in [0, 0.05) is 6.20 Å². The molecule has 0 saturated heterocycles. The first-order chi connectivity index (χ1) is 4.92. The first-order valence-corrected chi connectivity index (χ1v) is 2.81. The van der Waals surface area contributed by atoms with Gasteiger partial charge >= 0.3 is 0 Å². The van der Waals surface area contributed by atoms with Gasteiger partial charge in [0.2, 0.25) is 5.65 Å². The Balaban J connectivity index is 2.88. The van der Waals surface area contributed by atoms with E-state index in [4.69, 9.17) is 4.42 Å². The molecule has 0 amide bonds. The Hall–Kier alpha value is -1.58. The van der Waals surface area contributed by atoms with Gasteiger partial charge in [-0.25, -0.2) is 4.68 Å². The topological polar surface area (TPSA) is 43.9 Å². The van der Waals surface area contributed by atoms with Crippen LogP contribution in [-0.4, -0.2) is 14.8 Å². The predicted octanol–water partition coefficient (Wildman–Crippen LogP) is 1.12. The molecule has 2 rings (SSSR count). The molecule has 0 N–H and O–H groups in total. The first-order valence-electron chi connectivity index (χ1n) is 2.81. The monoisotopic (exact) mass is 135 g/mol. The molecule has 50 valence electrons. The van der Waals surface area contributed by atoms with Crippen LogP contribution in [0.3, 0.4) is 0 Å². The number of hydrogen-bond acceptors (Lipinski definition) is 3. The maximum atomic E-state index is 4.96. The molecule has 2 heterocycles. The van der Waals surface area contributed by atoms with Gasteiger partial charge in [-0.1, -0.05) is 6.58 Å². The number of rotatable bonds is 1. The van der Waals surface area contributed by atoms with Crippen LogP contribution in [0, 0.1) is 0 Å². The maximum Gasteiger partial charge on any atom is 0.201 e. The molecule has 0 unspecified atom stereocenters.